The zero-order valence-corrected chi connectivity index (χ0v) is 28.1. The van der Waals surface area contributed by atoms with Gasteiger partial charge in [0.2, 0.25) is 5.91 Å². The molecule has 0 rings (SSSR count). The molecule has 1 amide bonds. The van der Waals surface area contributed by atoms with Gasteiger partial charge in [0.15, 0.2) is 0 Å². The molecular weight excluding hydrogens is 534 g/mol. The van der Waals surface area contributed by atoms with Crippen LogP contribution in [0.1, 0.15) is 162 Å². The molecule has 0 aliphatic carbocycles. The Hall–Kier alpha value is -1.69. The van der Waals surface area contributed by atoms with Gasteiger partial charge < -0.3 is 20.6 Å². The third kappa shape index (κ3) is 30.1. The van der Waals surface area contributed by atoms with Gasteiger partial charge in [-0.15, -0.1) is 0 Å². The van der Waals surface area contributed by atoms with Gasteiger partial charge >= 0.3 is 0 Å². The van der Waals surface area contributed by atoms with Gasteiger partial charge in [0.05, 0.1) is 31.3 Å². The largest absolute Gasteiger partial charge is 0.394 e. The lowest BCUT2D eigenvalue weighted by Crippen LogP contribution is -2.45. The molecule has 5 nitrogen and oxygen atoms in total. The number of carbonyl (C=O) groups is 1. The Kier molecular flexibility index (Phi) is 31.9. The highest BCUT2D eigenvalue weighted by Gasteiger charge is 2.20. The maximum absolute atomic E-state index is 12.3. The molecule has 0 aromatic rings. The molecule has 43 heavy (non-hydrogen) atoms. The molecule has 0 bridgehead atoms. The van der Waals surface area contributed by atoms with E-state index in [0.29, 0.717) is 6.42 Å². The predicted molar refractivity (Wildman–Crippen MR) is 185 cm³/mol. The summed E-state index contributed by atoms with van der Waals surface area (Å²) in [5, 5.41) is 32.9. The van der Waals surface area contributed by atoms with E-state index in [1.807, 2.05) is 6.08 Å². The van der Waals surface area contributed by atoms with Crippen molar-refractivity contribution in [1.82, 2.24) is 5.32 Å². The van der Waals surface area contributed by atoms with Crippen LogP contribution >= 0.6 is 0 Å². The molecule has 0 saturated heterocycles. The van der Waals surface area contributed by atoms with Crippen molar-refractivity contribution in [3.8, 4) is 0 Å². The topological polar surface area (TPSA) is 89.8 Å². The minimum Gasteiger partial charge on any atom is -0.394 e. The molecule has 0 aliphatic heterocycles. The Morgan fingerprint density at radius 2 is 1.02 bits per heavy atom. The smallest absolute Gasteiger partial charge is 0.222 e. The molecule has 0 aromatic carbocycles. The lowest BCUT2D eigenvalue weighted by molar-refractivity contribution is -0.124. The molecule has 3 unspecified atom stereocenters. The summed E-state index contributed by atoms with van der Waals surface area (Å²) in [6, 6.07) is -0.770. The van der Waals surface area contributed by atoms with E-state index < -0.39 is 18.2 Å². The third-order valence-electron chi connectivity index (χ3n) is 7.82. The second-order valence-corrected chi connectivity index (χ2v) is 12.1. The molecule has 0 aromatic heterocycles. The van der Waals surface area contributed by atoms with Crippen LogP contribution in [0.3, 0.4) is 0 Å². The van der Waals surface area contributed by atoms with Crippen molar-refractivity contribution in [3.63, 3.8) is 0 Å². The van der Waals surface area contributed by atoms with E-state index >= 15 is 0 Å². The zero-order chi connectivity index (χ0) is 31.6. The average molecular weight is 604 g/mol. The summed E-state index contributed by atoms with van der Waals surface area (Å²) in [6.07, 6.45) is 40.9. The zero-order valence-electron chi connectivity index (χ0n) is 28.1. The van der Waals surface area contributed by atoms with Crippen molar-refractivity contribution in [2.24, 2.45) is 0 Å². The Bertz CT molecular complexity index is 715. The number of unbranched alkanes of at least 4 members (excludes halogenated alkanes) is 16. The first kappa shape index (κ1) is 41.3. The Morgan fingerprint density at radius 3 is 1.56 bits per heavy atom. The van der Waals surface area contributed by atoms with Gasteiger partial charge in [-0.1, -0.05) is 140 Å². The van der Waals surface area contributed by atoms with E-state index in [1.54, 1.807) is 6.08 Å². The minimum atomic E-state index is -0.961. The van der Waals surface area contributed by atoms with Crippen molar-refractivity contribution >= 4 is 5.91 Å². The molecule has 5 heteroatoms. The number of amides is 1. The van der Waals surface area contributed by atoms with Gasteiger partial charge in [0.25, 0.3) is 0 Å². The van der Waals surface area contributed by atoms with Crippen molar-refractivity contribution in [1.29, 1.82) is 0 Å². The SMILES string of the molecule is CCCC/C=C/CC/C=C/CC/C=C/C(O)C(CO)NC(=O)CC(O)CCCCC/C=C\CCCCCCCCCCC. The molecule has 0 aliphatic rings. The highest BCUT2D eigenvalue weighted by atomic mass is 16.3. The third-order valence-corrected chi connectivity index (χ3v) is 7.82. The highest BCUT2D eigenvalue weighted by Crippen LogP contribution is 2.12. The van der Waals surface area contributed by atoms with Crippen LogP contribution in [-0.4, -0.2) is 46.1 Å². The van der Waals surface area contributed by atoms with Gasteiger partial charge in [0, 0.05) is 0 Å². The van der Waals surface area contributed by atoms with E-state index in [-0.39, 0.29) is 18.9 Å². The molecular formula is C38H69NO4. The molecule has 0 saturated carbocycles. The fourth-order valence-corrected chi connectivity index (χ4v) is 5.00. The van der Waals surface area contributed by atoms with E-state index in [4.69, 9.17) is 0 Å². The monoisotopic (exact) mass is 604 g/mol. The number of allylic oxidation sites excluding steroid dienone is 7. The van der Waals surface area contributed by atoms with Crippen molar-refractivity contribution in [2.45, 2.75) is 180 Å². The summed E-state index contributed by atoms with van der Waals surface area (Å²) >= 11 is 0. The van der Waals surface area contributed by atoms with Crippen LogP contribution in [0.2, 0.25) is 0 Å². The number of carbonyl (C=O) groups excluding carboxylic acids is 1. The van der Waals surface area contributed by atoms with Crippen LogP contribution < -0.4 is 5.32 Å². The molecule has 0 heterocycles. The van der Waals surface area contributed by atoms with Crippen molar-refractivity contribution in [3.05, 3.63) is 48.6 Å². The van der Waals surface area contributed by atoms with Crippen LogP contribution in [0.15, 0.2) is 48.6 Å². The van der Waals surface area contributed by atoms with Crippen LogP contribution in [0.25, 0.3) is 0 Å². The molecule has 0 spiro atoms. The fraction of sp³-hybridized carbons (Fsp3) is 0.763. The van der Waals surface area contributed by atoms with E-state index in [9.17, 15) is 20.1 Å². The van der Waals surface area contributed by atoms with E-state index in [0.717, 1.165) is 51.4 Å². The van der Waals surface area contributed by atoms with Crippen LogP contribution in [0, 0.1) is 0 Å². The minimum absolute atomic E-state index is 0.00976. The summed E-state index contributed by atoms with van der Waals surface area (Å²) in [4.78, 5) is 12.3. The summed E-state index contributed by atoms with van der Waals surface area (Å²) in [6.45, 7) is 4.12. The predicted octanol–water partition coefficient (Wildman–Crippen LogP) is 9.42. The number of aliphatic hydroxyl groups is 3. The Labute approximate surface area is 266 Å². The number of aliphatic hydroxyl groups excluding tert-OH is 3. The molecule has 3 atom stereocenters. The van der Waals surface area contributed by atoms with Crippen molar-refractivity contribution in [2.75, 3.05) is 6.61 Å². The number of hydrogen-bond donors (Lipinski definition) is 4. The summed E-state index contributed by atoms with van der Waals surface area (Å²) in [5.74, 6) is -0.342. The average Bonchev–Trinajstić information content (AvgIpc) is 3.00. The van der Waals surface area contributed by atoms with Crippen molar-refractivity contribution < 1.29 is 20.1 Å². The first-order valence-corrected chi connectivity index (χ1v) is 17.9. The normalized spacial score (nSPS) is 14.4. The molecule has 4 N–H and O–H groups in total. The summed E-state index contributed by atoms with van der Waals surface area (Å²) < 4.78 is 0. The van der Waals surface area contributed by atoms with Gasteiger partial charge in [-0.05, 0) is 64.2 Å². The van der Waals surface area contributed by atoms with Crippen LogP contribution in [0.4, 0.5) is 0 Å². The highest BCUT2D eigenvalue weighted by molar-refractivity contribution is 5.76. The lowest BCUT2D eigenvalue weighted by Gasteiger charge is -2.20. The Balaban J connectivity index is 3.83. The fourth-order valence-electron chi connectivity index (χ4n) is 5.00. The number of nitrogens with one attached hydrogen (secondary N) is 1. The second kappa shape index (κ2) is 33.2. The van der Waals surface area contributed by atoms with Gasteiger partial charge in [-0.2, -0.15) is 0 Å². The second-order valence-electron chi connectivity index (χ2n) is 12.1. The van der Waals surface area contributed by atoms with Gasteiger partial charge in [-0.25, -0.2) is 0 Å². The lowest BCUT2D eigenvalue weighted by atomic mass is 10.0. The summed E-state index contributed by atoms with van der Waals surface area (Å²) in [7, 11) is 0. The first-order valence-electron chi connectivity index (χ1n) is 17.9. The summed E-state index contributed by atoms with van der Waals surface area (Å²) in [5.41, 5.74) is 0. The standard InChI is InChI=1S/C38H69NO4/c1-3-5-7-9-11-13-15-17-18-19-20-21-23-25-27-29-31-35(41)33-38(43)39-36(34-40)37(42)32-30-28-26-24-22-16-14-12-10-8-6-4-2/h10,12,20-22,24,30,32,35-37,40-42H,3-9,11,13-19,23,25-29,31,33-34H2,1-2H3,(H,39,43)/b12-10+,21-20-,24-22+,32-30+. The van der Waals surface area contributed by atoms with Crippen LogP contribution in [0.5, 0.6) is 0 Å². The quantitative estimate of drug-likeness (QED) is 0.0469. The van der Waals surface area contributed by atoms with Crippen LogP contribution in [-0.2, 0) is 4.79 Å². The maximum Gasteiger partial charge on any atom is 0.222 e. The van der Waals surface area contributed by atoms with Gasteiger partial charge in [-0.3, -0.25) is 4.79 Å². The van der Waals surface area contributed by atoms with E-state index in [2.05, 4.69) is 55.6 Å². The molecule has 250 valence electrons. The maximum atomic E-state index is 12.3. The number of hydrogen-bond acceptors (Lipinski definition) is 4. The molecule has 0 fully saturated rings. The first-order chi connectivity index (χ1) is 21.0. The van der Waals surface area contributed by atoms with E-state index in [1.165, 1.54) is 83.5 Å². The Morgan fingerprint density at radius 1 is 0.581 bits per heavy atom. The number of rotatable bonds is 31. The molecule has 0 radical (unpaired) electrons. The van der Waals surface area contributed by atoms with Gasteiger partial charge in [0.1, 0.15) is 0 Å².